The second-order valence-corrected chi connectivity index (χ2v) is 12.7. The Kier molecular flexibility index (Phi) is 6.18. The van der Waals surface area contributed by atoms with E-state index in [0.717, 1.165) is 41.3 Å². The van der Waals surface area contributed by atoms with Gasteiger partial charge in [0.2, 0.25) is 0 Å². The maximum atomic E-state index is 13.1. The van der Waals surface area contributed by atoms with Gasteiger partial charge in [0.1, 0.15) is 5.82 Å². The zero-order chi connectivity index (χ0) is 24.0. The van der Waals surface area contributed by atoms with Gasteiger partial charge in [-0.1, -0.05) is 17.8 Å². The van der Waals surface area contributed by atoms with Gasteiger partial charge >= 0.3 is 0 Å². The fourth-order valence-corrected chi connectivity index (χ4v) is 7.96. The quantitative estimate of drug-likeness (QED) is 0.365. The van der Waals surface area contributed by atoms with Gasteiger partial charge < -0.3 is 9.13 Å². The average Bonchev–Trinajstić information content (AvgIpc) is 3.54. The summed E-state index contributed by atoms with van der Waals surface area (Å²) in [6.45, 7) is 4.05. The number of rotatable bonds is 7. The number of Topliss-reactive ketones (excluding diaryl/α,β-unsaturated/α-hetero) is 1. The molecule has 2 aromatic heterocycles. The standard InChI is InChI=1S/C25H30N4O3S2/c1-16-11-22(17(2)29(16)21-8-7-19-5-4-6-20(19)13-21)23(30)14-33-25-27-26-24(28(25)3)12-18-9-10-34(31,32)15-18/h7-8,11,13,18H,4-6,9-10,12,14-15H2,1-3H3/t18-/m0/s1. The second kappa shape index (κ2) is 9.00. The summed E-state index contributed by atoms with van der Waals surface area (Å²) in [6, 6.07) is 8.63. The van der Waals surface area contributed by atoms with E-state index < -0.39 is 9.84 Å². The van der Waals surface area contributed by atoms with E-state index in [1.165, 1.54) is 29.3 Å². The number of thioether (sulfide) groups is 1. The van der Waals surface area contributed by atoms with Gasteiger partial charge in [0.15, 0.2) is 20.8 Å². The number of fused-ring (bicyclic) bond motifs is 1. The molecule has 1 atom stereocenters. The number of aryl methyl sites for hydroxylation is 3. The highest BCUT2D eigenvalue weighted by atomic mass is 32.2. The molecule has 1 fully saturated rings. The molecule has 7 nitrogen and oxygen atoms in total. The third-order valence-corrected chi connectivity index (χ3v) is 9.98. The lowest BCUT2D eigenvalue weighted by molar-refractivity contribution is 0.102. The molecule has 1 saturated heterocycles. The number of hydrogen-bond donors (Lipinski definition) is 0. The monoisotopic (exact) mass is 498 g/mol. The van der Waals surface area contributed by atoms with Crippen LogP contribution in [0.1, 0.15) is 51.5 Å². The topological polar surface area (TPSA) is 86.9 Å². The zero-order valence-corrected chi connectivity index (χ0v) is 21.5. The minimum Gasteiger partial charge on any atom is -0.318 e. The molecule has 0 spiro atoms. The van der Waals surface area contributed by atoms with Gasteiger partial charge in [-0.15, -0.1) is 10.2 Å². The first-order chi connectivity index (χ1) is 16.2. The molecule has 0 amide bonds. The van der Waals surface area contributed by atoms with E-state index in [9.17, 15) is 13.2 Å². The Bertz CT molecular complexity index is 1370. The van der Waals surface area contributed by atoms with Gasteiger partial charge in [0, 0.05) is 36.1 Å². The van der Waals surface area contributed by atoms with Crippen molar-refractivity contribution < 1.29 is 13.2 Å². The summed E-state index contributed by atoms with van der Waals surface area (Å²) < 4.78 is 27.5. The maximum absolute atomic E-state index is 13.1. The molecule has 1 aliphatic heterocycles. The summed E-state index contributed by atoms with van der Waals surface area (Å²) in [6.07, 6.45) is 4.77. The zero-order valence-electron chi connectivity index (χ0n) is 19.9. The van der Waals surface area contributed by atoms with E-state index in [0.29, 0.717) is 18.0 Å². The SMILES string of the molecule is Cc1cc(C(=O)CSc2nnc(C[C@@H]3CCS(=O)(=O)C3)n2C)c(C)n1-c1ccc2c(c1)CCC2. The molecule has 180 valence electrons. The number of hydrogen-bond acceptors (Lipinski definition) is 6. The van der Waals surface area contributed by atoms with Crippen molar-refractivity contribution in [2.24, 2.45) is 13.0 Å². The number of aromatic nitrogens is 4. The summed E-state index contributed by atoms with van der Waals surface area (Å²) in [4.78, 5) is 13.1. The molecule has 0 saturated carbocycles. The normalized spacial score (nSPS) is 19.0. The molecule has 1 aromatic carbocycles. The van der Waals surface area contributed by atoms with Crippen LogP contribution < -0.4 is 0 Å². The number of benzene rings is 1. The highest BCUT2D eigenvalue weighted by Gasteiger charge is 2.29. The molecular weight excluding hydrogens is 468 g/mol. The fourth-order valence-electron chi connectivity index (χ4n) is 5.29. The molecule has 5 rings (SSSR count). The average molecular weight is 499 g/mol. The minimum absolute atomic E-state index is 0.0666. The molecule has 0 unspecified atom stereocenters. The van der Waals surface area contributed by atoms with Crippen LogP contribution in [0.4, 0.5) is 0 Å². The van der Waals surface area contributed by atoms with E-state index in [2.05, 4.69) is 33.0 Å². The fraction of sp³-hybridized carbons (Fsp3) is 0.480. The summed E-state index contributed by atoms with van der Waals surface area (Å²) in [5.41, 5.74) is 6.73. The smallest absolute Gasteiger partial charge is 0.191 e. The Hall–Kier alpha value is -2.39. The second-order valence-electron chi connectivity index (χ2n) is 9.57. The molecule has 2 aliphatic rings. The summed E-state index contributed by atoms with van der Waals surface area (Å²) in [5.74, 6) is 1.69. The van der Waals surface area contributed by atoms with Crippen molar-refractivity contribution in [3.8, 4) is 5.69 Å². The van der Waals surface area contributed by atoms with Crippen LogP contribution in [0, 0.1) is 19.8 Å². The van der Waals surface area contributed by atoms with Crippen LogP contribution in [0.15, 0.2) is 29.4 Å². The Morgan fingerprint density at radius 1 is 1.15 bits per heavy atom. The Labute approximate surface area is 204 Å². The molecule has 0 N–H and O–H groups in total. The number of carbonyl (C=O) groups excluding carboxylic acids is 1. The summed E-state index contributed by atoms with van der Waals surface area (Å²) in [7, 11) is -1.03. The first-order valence-corrected chi connectivity index (χ1v) is 14.6. The van der Waals surface area contributed by atoms with Crippen LogP contribution in [0.3, 0.4) is 0 Å². The first-order valence-electron chi connectivity index (χ1n) is 11.8. The molecule has 3 heterocycles. The van der Waals surface area contributed by atoms with Gasteiger partial charge in [-0.3, -0.25) is 4.79 Å². The van der Waals surface area contributed by atoms with Crippen LogP contribution in [-0.2, 0) is 36.1 Å². The van der Waals surface area contributed by atoms with E-state index in [1.54, 1.807) is 0 Å². The summed E-state index contributed by atoms with van der Waals surface area (Å²) in [5, 5.41) is 9.20. The third-order valence-electron chi connectivity index (χ3n) is 7.13. The van der Waals surface area contributed by atoms with Crippen molar-refractivity contribution in [3.05, 3.63) is 58.2 Å². The van der Waals surface area contributed by atoms with Gasteiger partial charge in [0.05, 0.1) is 17.3 Å². The van der Waals surface area contributed by atoms with Crippen LogP contribution in [0.2, 0.25) is 0 Å². The molecule has 34 heavy (non-hydrogen) atoms. The minimum atomic E-state index is -2.91. The van der Waals surface area contributed by atoms with Crippen molar-refractivity contribution in [2.45, 2.75) is 51.1 Å². The van der Waals surface area contributed by atoms with E-state index in [4.69, 9.17) is 0 Å². The highest BCUT2D eigenvalue weighted by Crippen LogP contribution is 2.29. The van der Waals surface area contributed by atoms with Gasteiger partial charge in [-0.05, 0) is 74.8 Å². The lowest BCUT2D eigenvalue weighted by atomic mass is 10.1. The molecule has 3 aromatic rings. The molecule has 1 aliphatic carbocycles. The van der Waals surface area contributed by atoms with Crippen LogP contribution in [-0.4, -0.2) is 50.8 Å². The highest BCUT2D eigenvalue weighted by molar-refractivity contribution is 7.99. The van der Waals surface area contributed by atoms with Crippen LogP contribution in [0.25, 0.3) is 5.69 Å². The lowest BCUT2D eigenvalue weighted by Gasteiger charge is -2.12. The van der Waals surface area contributed by atoms with Crippen LogP contribution >= 0.6 is 11.8 Å². The lowest BCUT2D eigenvalue weighted by Crippen LogP contribution is -2.11. The van der Waals surface area contributed by atoms with Crippen molar-refractivity contribution in [2.75, 3.05) is 17.3 Å². The molecule has 9 heteroatoms. The van der Waals surface area contributed by atoms with E-state index in [-0.39, 0.29) is 29.0 Å². The number of nitrogens with zero attached hydrogens (tertiary/aromatic N) is 4. The predicted octanol–water partition coefficient (Wildman–Crippen LogP) is 3.66. The maximum Gasteiger partial charge on any atom is 0.191 e. The van der Waals surface area contributed by atoms with Crippen molar-refractivity contribution in [3.63, 3.8) is 0 Å². The van der Waals surface area contributed by atoms with Crippen molar-refractivity contribution in [1.29, 1.82) is 0 Å². The predicted molar refractivity (Wildman–Crippen MR) is 134 cm³/mol. The van der Waals surface area contributed by atoms with Gasteiger partial charge in [0.25, 0.3) is 0 Å². The van der Waals surface area contributed by atoms with E-state index >= 15 is 0 Å². The molecule has 0 radical (unpaired) electrons. The third kappa shape index (κ3) is 4.47. The van der Waals surface area contributed by atoms with Gasteiger partial charge in [-0.2, -0.15) is 0 Å². The molecular formula is C25H30N4O3S2. The number of carbonyl (C=O) groups is 1. The first kappa shape index (κ1) is 23.4. The number of sulfone groups is 1. The largest absolute Gasteiger partial charge is 0.318 e. The van der Waals surface area contributed by atoms with Crippen molar-refractivity contribution in [1.82, 2.24) is 19.3 Å². The number of ketones is 1. The van der Waals surface area contributed by atoms with Gasteiger partial charge in [-0.25, -0.2) is 8.42 Å². The molecule has 0 bridgehead atoms. The van der Waals surface area contributed by atoms with Crippen molar-refractivity contribution >= 4 is 27.4 Å². The Morgan fingerprint density at radius 2 is 1.94 bits per heavy atom. The van der Waals surface area contributed by atoms with E-state index in [1.807, 2.05) is 31.5 Å². The summed E-state index contributed by atoms with van der Waals surface area (Å²) >= 11 is 1.38. The Balaban J connectivity index is 1.28. The van der Waals surface area contributed by atoms with Crippen LogP contribution in [0.5, 0.6) is 0 Å². The Morgan fingerprint density at radius 3 is 2.71 bits per heavy atom.